The van der Waals surface area contributed by atoms with Gasteiger partial charge in [0, 0.05) is 93.8 Å². The SMILES string of the molecule is CCCCN(CCCC)c1ccc(C#N)c(Cl)c1.CCN(c1ccc(C#N)c([N+](=O)[O-])c1)C1CCCCC1.CCN(c1ccc([N+](=O)[O-])c(C(F)(F)F)c1)C1CCCCC1.CCOCCN(CCOCC)c1ccc(C#N)cc1Cl. The number of nitrogens with zero attached hydrogens (tertiary/aromatic N) is 9. The average Bonchev–Trinajstić information content (AvgIpc) is 3.46. The molecule has 0 heterocycles. The second-order valence-electron chi connectivity index (χ2n) is 19.3. The molecule has 0 unspecified atom stereocenters. The molecule has 15 nitrogen and oxygen atoms in total. The summed E-state index contributed by atoms with van der Waals surface area (Å²) in [5.74, 6) is 0. The maximum absolute atomic E-state index is 13.1. The number of rotatable bonds is 24. The van der Waals surface area contributed by atoms with E-state index in [1.165, 1.54) is 57.1 Å². The molecule has 436 valence electrons. The molecule has 0 bridgehead atoms. The van der Waals surface area contributed by atoms with E-state index in [-0.39, 0.29) is 17.3 Å². The summed E-state index contributed by atoms with van der Waals surface area (Å²) in [6.45, 7) is 20.0. The Kier molecular flexibility index (Phi) is 31.2. The van der Waals surface area contributed by atoms with Gasteiger partial charge in [0.05, 0.1) is 56.0 Å². The van der Waals surface area contributed by atoms with E-state index in [2.05, 4.69) is 47.6 Å². The summed E-state index contributed by atoms with van der Waals surface area (Å²) >= 11 is 12.3. The number of alkyl halides is 3. The molecule has 80 heavy (non-hydrogen) atoms. The number of nitro benzene ring substituents is 2. The van der Waals surface area contributed by atoms with Crippen molar-refractivity contribution < 1.29 is 32.5 Å². The van der Waals surface area contributed by atoms with Gasteiger partial charge in [0.1, 0.15) is 23.3 Å². The molecule has 0 spiro atoms. The molecule has 20 heteroatoms. The number of benzene rings is 4. The topological polar surface area (TPSA) is 189 Å². The molecule has 0 N–H and O–H groups in total. The minimum Gasteiger partial charge on any atom is -0.380 e. The van der Waals surface area contributed by atoms with E-state index in [9.17, 15) is 33.4 Å². The Morgan fingerprint density at radius 3 is 1.49 bits per heavy atom. The lowest BCUT2D eigenvalue weighted by Gasteiger charge is -2.35. The van der Waals surface area contributed by atoms with Crippen LogP contribution in [-0.4, -0.2) is 87.6 Å². The fourth-order valence-corrected chi connectivity index (χ4v) is 10.3. The van der Waals surface area contributed by atoms with Gasteiger partial charge in [-0.05, 0) is 127 Å². The Bertz CT molecular complexity index is 2630. The smallest absolute Gasteiger partial charge is 0.380 e. The van der Waals surface area contributed by atoms with E-state index in [1.54, 1.807) is 18.2 Å². The summed E-state index contributed by atoms with van der Waals surface area (Å²) in [6.07, 6.45) is 11.2. The fourth-order valence-electron chi connectivity index (χ4n) is 9.80. The maximum atomic E-state index is 13.1. The largest absolute Gasteiger partial charge is 0.423 e. The molecule has 0 radical (unpaired) electrons. The molecular weight excluding hydrogens is 1070 g/mol. The molecule has 2 saturated carbocycles. The van der Waals surface area contributed by atoms with Crippen molar-refractivity contribution in [2.24, 2.45) is 0 Å². The molecule has 0 saturated heterocycles. The summed E-state index contributed by atoms with van der Waals surface area (Å²) < 4.78 is 50.0. The molecule has 6 rings (SSSR count). The van der Waals surface area contributed by atoms with Crippen LogP contribution in [0.15, 0.2) is 72.8 Å². The highest BCUT2D eigenvalue weighted by molar-refractivity contribution is 6.33. The number of ether oxygens (including phenoxy) is 2. The number of nitriles is 3. The molecule has 0 amide bonds. The minimum absolute atomic E-state index is 0.0979. The number of hydrogen-bond acceptors (Lipinski definition) is 13. The highest BCUT2D eigenvalue weighted by atomic mass is 35.5. The van der Waals surface area contributed by atoms with Crippen LogP contribution < -0.4 is 19.6 Å². The zero-order valence-electron chi connectivity index (χ0n) is 47.4. The lowest BCUT2D eigenvalue weighted by atomic mass is 9.93. The number of halogens is 5. The van der Waals surface area contributed by atoms with Crippen molar-refractivity contribution in [3.05, 3.63) is 125 Å². The third kappa shape index (κ3) is 21.9. The number of hydrogen-bond donors (Lipinski definition) is 0. The van der Waals surface area contributed by atoms with Crippen LogP contribution in [0.1, 0.15) is 154 Å². The summed E-state index contributed by atoms with van der Waals surface area (Å²) in [5.41, 5.74) is 2.36. The molecule has 4 aromatic carbocycles. The highest BCUT2D eigenvalue weighted by Gasteiger charge is 2.39. The molecule has 2 aliphatic carbocycles. The molecular formula is C60H80Cl2F3N9O6. The van der Waals surface area contributed by atoms with Gasteiger partial charge in [-0.15, -0.1) is 0 Å². The van der Waals surface area contributed by atoms with E-state index in [0.717, 1.165) is 107 Å². The summed E-state index contributed by atoms with van der Waals surface area (Å²) in [6, 6.07) is 26.0. The van der Waals surface area contributed by atoms with E-state index >= 15 is 0 Å². The molecule has 2 fully saturated rings. The van der Waals surface area contributed by atoms with Crippen LogP contribution in [0.2, 0.25) is 10.0 Å². The average molecular weight is 1150 g/mol. The Hall–Kier alpha value is -6.36. The Labute approximate surface area is 482 Å². The van der Waals surface area contributed by atoms with Gasteiger partial charge in [-0.1, -0.05) is 88.4 Å². The van der Waals surface area contributed by atoms with Gasteiger partial charge in [-0.2, -0.15) is 29.0 Å². The molecule has 4 aromatic rings. The third-order valence-corrected chi connectivity index (χ3v) is 14.6. The second kappa shape index (κ2) is 36.8. The van der Waals surface area contributed by atoms with Gasteiger partial charge < -0.3 is 29.1 Å². The van der Waals surface area contributed by atoms with E-state index in [0.29, 0.717) is 65.9 Å². The van der Waals surface area contributed by atoms with E-state index in [1.807, 2.05) is 62.1 Å². The Balaban J connectivity index is 0.000000281. The van der Waals surface area contributed by atoms with Crippen molar-refractivity contribution in [1.29, 1.82) is 15.8 Å². The van der Waals surface area contributed by atoms with Gasteiger partial charge in [0.2, 0.25) is 0 Å². The standard InChI is InChI=1S/C15H21ClN2O2.C15H21ClN2.C15H19F3N2O2.C15H19N3O2/c1-3-19-9-7-18(8-10-20-4-2)15-6-5-13(12-17)11-14(15)16;1-3-5-9-18(10-6-4-2)14-8-7-13(12-17)15(16)11-14;1-2-19(11-6-4-3-5-7-11)12-8-9-14(20(21)22)13(10-12)15(16,17)18;1-2-17(13-6-4-3-5-7-13)14-9-8-12(11-16)15(10-14)18(19)20/h5-6,11H,3-4,7-10H2,1-2H3;7-8,11H,3-6,9-10H2,1-2H3;8-11H,2-7H2,1H3;8-10,13H,2-7H2,1H3. The van der Waals surface area contributed by atoms with Gasteiger partial charge in [-0.25, -0.2) is 0 Å². The fraction of sp³-hybridized carbons (Fsp3) is 0.550. The predicted octanol–water partition coefficient (Wildman–Crippen LogP) is 16.1. The van der Waals surface area contributed by atoms with Gasteiger partial charge in [0.15, 0.2) is 0 Å². The van der Waals surface area contributed by atoms with Crippen LogP contribution in [-0.2, 0) is 15.7 Å². The maximum Gasteiger partial charge on any atom is 0.423 e. The van der Waals surface area contributed by atoms with Crippen molar-refractivity contribution in [2.75, 3.05) is 85.3 Å². The summed E-state index contributed by atoms with van der Waals surface area (Å²) in [5, 5.41) is 49.7. The molecule has 0 aromatic heterocycles. The van der Waals surface area contributed by atoms with E-state index < -0.39 is 27.3 Å². The van der Waals surface area contributed by atoms with Gasteiger partial charge in [-0.3, -0.25) is 20.2 Å². The molecule has 0 aliphatic heterocycles. The number of unbranched alkanes of at least 4 members (excludes halogenated alkanes) is 2. The van der Waals surface area contributed by atoms with Gasteiger partial charge >= 0.3 is 6.18 Å². The lowest BCUT2D eigenvalue weighted by molar-refractivity contribution is -0.388. The second-order valence-corrected chi connectivity index (χ2v) is 20.1. The first kappa shape index (κ1) is 67.9. The Morgan fingerprint density at radius 1 is 0.575 bits per heavy atom. The van der Waals surface area contributed by atoms with Crippen LogP contribution in [0.5, 0.6) is 0 Å². The van der Waals surface area contributed by atoms with Crippen LogP contribution >= 0.6 is 23.2 Å². The first-order chi connectivity index (χ1) is 38.5. The third-order valence-electron chi connectivity index (χ3n) is 14.0. The van der Waals surface area contributed by atoms with Crippen LogP contribution in [0.3, 0.4) is 0 Å². The predicted molar refractivity (Wildman–Crippen MR) is 315 cm³/mol. The first-order valence-corrected chi connectivity index (χ1v) is 28.8. The van der Waals surface area contributed by atoms with Crippen molar-refractivity contribution >= 4 is 57.3 Å². The summed E-state index contributed by atoms with van der Waals surface area (Å²) in [7, 11) is 0. The van der Waals surface area contributed by atoms with Gasteiger partial charge in [0.25, 0.3) is 11.4 Å². The lowest BCUT2D eigenvalue weighted by Crippen LogP contribution is -2.36. The zero-order valence-corrected chi connectivity index (χ0v) is 48.9. The minimum atomic E-state index is -4.73. The normalized spacial score (nSPS) is 13.3. The molecule has 2 aliphatic rings. The van der Waals surface area contributed by atoms with Crippen LogP contribution in [0, 0.1) is 54.2 Å². The number of anilines is 4. The van der Waals surface area contributed by atoms with Crippen molar-refractivity contribution in [3.63, 3.8) is 0 Å². The van der Waals surface area contributed by atoms with E-state index in [4.69, 9.17) is 48.5 Å². The number of nitro groups is 2. The highest BCUT2D eigenvalue weighted by Crippen LogP contribution is 2.40. The first-order valence-electron chi connectivity index (χ1n) is 28.1. The molecule has 0 atom stereocenters. The summed E-state index contributed by atoms with van der Waals surface area (Å²) in [4.78, 5) is 29.0. The van der Waals surface area contributed by atoms with Crippen molar-refractivity contribution in [2.45, 2.75) is 150 Å². The van der Waals surface area contributed by atoms with Crippen LogP contribution in [0.25, 0.3) is 0 Å². The van der Waals surface area contributed by atoms with Crippen LogP contribution in [0.4, 0.5) is 47.3 Å². The zero-order chi connectivity index (χ0) is 59.0. The quantitative estimate of drug-likeness (QED) is 0.0366. The monoisotopic (exact) mass is 1150 g/mol. The van der Waals surface area contributed by atoms with Crippen molar-refractivity contribution in [3.8, 4) is 18.2 Å². The van der Waals surface area contributed by atoms with Crippen molar-refractivity contribution in [1.82, 2.24) is 0 Å². The Morgan fingerprint density at radius 2 is 1.06 bits per heavy atom.